The Kier molecular flexibility index (Phi) is 9.41. The number of aryl methyl sites for hydroxylation is 1. The molecular formula is C29H33FN2O3. The van der Waals surface area contributed by atoms with Gasteiger partial charge in [0.2, 0.25) is 5.91 Å². The molecule has 0 saturated heterocycles. The van der Waals surface area contributed by atoms with E-state index in [9.17, 15) is 14.0 Å². The van der Waals surface area contributed by atoms with Gasteiger partial charge < -0.3 is 15.0 Å². The lowest BCUT2D eigenvalue weighted by Gasteiger charge is -2.32. The number of carbonyl (C=O) groups is 2. The molecule has 6 heteroatoms. The Bertz CT molecular complexity index is 1090. The molecule has 35 heavy (non-hydrogen) atoms. The SMILES string of the molecule is CC[C@H](C)NC(=O)[C@H](Cc1ccccc1)N(Cc1ccc(C)cc1)C(=O)COc1ccc(F)cc1. The maximum absolute atomic E-state index is 13.5. The smallest absolute Gasteiger partial charge is 0.261 e. The summed E-state index contributed by atoms with van der Waals surface area (Å²) >= 11 is 0. The number of carbonyl (C=O) groups excluding carboxylic acids is 2. The van der Waals surface area contributed by atoms with Crippen molar-refractivity contribution in [1.29, 1.82) is 0 Å². The summed E-state index contributed by atoms with van der Waals surface area (Å²) in [6.07, 6.45) is 1.15. The first kappa shape index (κ1) is 25.9. The van der Waals surface area contributed by atoms with E-state index in [0.717, 1.165) is 23.1 Å². The number of nitrogens with zero attached hydrogens (tertiary/aromatic N) is 1. The Morgan fingerprint density at radius 2 is 1.60 bits per heavy atom. The molecule has 2 amide bonds. The van der Waals surface area contributed by atoms with Crippen molar-refractivity contribution in [2.45, 2.75) is 52.2 Å². The van der Waals surface area contributed by atoms with Gasteiger partial charge in [0, 0.05) is 19.0 Å². The highest BCUT2D eigenvalue weighted by atomic mass is 19.1. The van der Waals surface area contributed by atoms with Crippen molar-refractivity contribution in [3.8, 4) is 5.75 Å². The highest BCUT2D eigenvalue weighted by molar-refractivity contribution is 5.88. The summed E-state index contributed by atoms with van der Waals surface area (Å²) < 4.78 is 18.9. The maximum Gasteiger partial charge on any atom is 0.261 e. The number of benzene rings is 3. The Morgan fingerprint density at radius 1 is 0.943 bits per heavy atom. The number of ether oxygens (including phenoxy) is 1. The van der Waals surface area contributed by atoms with Crippen molar-refractivity contribution in [2.75, 3.05) is 6.61 Å². The van der Waals surface area contributed by atoms with Gasteiger partial charge in [0.25, 0.3) is 5.91 Å². The molecule has 1 N–H and O–H groups in total. The van der Waals surface area contributed by atoms with E-state index in [2.05, 4.69) is 5.32 Å². The molecule has 184 valence electrons. The molecule has 0 saturated carbocycles. The molecule has 5 nitrogen and oxygen atoms in total. The van der Waals surface area contributed by atoms with Gasteiger partial charge in [0.05, 0.1) is 0 Å². The molecule has 0 aliphatic rings. The van der Waals surface area contributed by atoms with E-state index in [1.54, 1.807) is 4.90 Å². The third-order valence-corrected chi connectivity index (χ3v) is 5.92. The van der Waals surface area contributed by atoms with Crippen LogP contribution in [0.5, 0.6) is 5.75 Å². The zero-order valence-corrected chi connectivity index (χ0v) is 20.5. The molecule has 2 atom stereocenters. The molecule has 0 radical (unpaired) electrons. The van der Waals surface area contributed by atoms with Gasteiger partial charge in [-0.15, -0.1) is 0 Å². The van der Waals surface area contributed by atoms with Crippen molar-refractivity contribution >= 4 is 11.8 Å². The van der Waals surface area contributed by atoms with Crippen molar-refractivity contribution in [3.63, 3.8) is 0 Å². The zero-order valence-electron chi connectivity index (χ0n) is 20.5. The average molecular weight is 477 g/mol. The lowest BCUT2D eigenvalue weighted by Crippen LogP contribution is -2.53. The van der Waals surface area contributed by atoms with Crippen LogP contribution in [0.1, 0.15) is 37.0 Å². The first-order valence-corrected chi connectivity index (χ1v) is 11.9. The van der Waals surface area contributed by atoms with Crippen molar-refractivity contribution in [2.24, 2.45) is 0 Å². The van der Waals surface area contributed by atoms with Crippen LogP contribution >= 0.6 is 0 Å². The van der Waals surface area contributed by atoms with Crippen molar-refractivity contribution in [3.05, 3.63) is 101 Å². The van der Waals surface area contributed by atoms with E-state index < -0.39 is 6.04 Å². The standard InChI is InChI=1S/C29H33FN2O3/c1-4-22(3)31-29(34)27(18-23-8-6-5-7-9-23)32(19-24-12-10-21(2)11-13-24)28(33)20-35-26-16-14-25(30)15-17-26/h5-17,22,27H,4,18-20H2,1-3H3,(H,31,34)/t22-,27-/m0/s1. The normalized spacial score (nSPS) is 12.5. The highest BCUT2D eigenvalue weighted by Crippen LogP contribution is 2.17. The van der Waals surface area contributed by atoms with Gasteiger partial charge in [0.15, 0.2) is 6.61 Å². The third-order valence-electron chi connectivity index (χ3n) is 5.92. The van der Waals surface area contributed by atoms with Gasteiger partial charge in [-0.2, -0.15) is 0 Å². The minimum absolute atomic E-state index is 0.0208. The largest absolute Gasteiger partial charge is 0.484 e. The highest BCUT2D eigenvalue weighted by Gasteiger charge is 2.31. The topological polar surface area (TPSA) is 58.6 Å². The summed E-state index contributed by atoms with van der Waals surface area (Å²) in [6.45, 7) is 5.95. The van der Waals surface area contributed by atoms with Crippen LogP contribution < -0.4 is 10.1 Å². The van der Waals surface area contributed by atoms with Gasteiger partial charge in [-0.05, 0) is 55.7 Å². The molecule has 3 aromatic carbocycles. The monoisotopic (exact) mass is 476 g/mol. The number of halogens is 1. The third kappa shape index (κ3) is 7.95. The van der Waals surface area contributed by atoms with Crippen LogP contribution in [-0.4, -0.2) is 35.4 Å². The van der Waals surface area contributed by atoms with Crippen LogP contribution in [0.2, 0.25) is 0 Å². The minimum atomic E-state index is -0.725. The van der Waals surface area contributed by atoms with E-state index in [0.29, 0.717) is 12.2 Å². The van der Waals surface area contributed by atoms with Crippen LogP contribution in [0.3, 0.4) is 0 Å². The average Bonchev–Trinajstić information content (AvgIpc) is 2.87. The Balaban J connectivity index is 1.89. The molecule has 3 aromatic rings. The predicted molar refractivity (Wildman–Crippen MR) is 135 cm³/mol. The zero-order chi connectivity index (χ0) is 25.2. The van der Waals surface area contributed by atoms with Gasteiger partial charge in [0.1, 0.15) is 17.6 Å². The molecule has 0 aliphatic heterocycles. The molecule has 0 spiro atoms. The molecule has 0 fully saturated rings. The number of nitrogens with one attached hydrogen (secondary N) is 1. The number of hydrogen-bond acceptors (Lipinski definition) is 3. The van der Waals surface area contributed by atoms with Crippen LogP contribution in [0.15, 0.2) is 78.9 Å². The number of hydrogen-bond donors (Lipinski definition) is 1. The molecule has 0 unspecified atom stereocenters. The minimum Gasteiger partial charge on any atom is -0.484 e. The van der Waals surface area contributed by atoms with Crippen LogP contribution in [0.4, 0.5) is 4.39 Å². The van der Waals surface area contributed by atoms with Gasteiger partial charge >= 0.3 is 0 Å². The van der Waals surface area contributed by atoms with E-state index in [-0.39, 0.29) is 36.8 Å². The van der Waals surface area contributed by atoms with Crippen LogP contribution in [-0.2, 0) is 22.6 Å². The van der Waals surface area contributed by atoms with E-state index in [1.165, 1.54) is 24.3 Å². The number of amides is 2. The Morgan fingerprint density at radius 3 is 2.23 bits per heavy atom. The van der Waals surface area contributed by atoms with Gasteiger partial charge in [-0.3, -0.25) is 9.59 Å². The second-order valence-corrected chi connectivity index (χ2v) is 8.77. The molecule has 0 aromatic heterocycles. The Labute approximate surface area is 206 Å². The lowest BCUT2D eigenvalue weighted by atomic mass is 10.0. The fourth-order valence-corrected chi connectivity index (χ4v) is 3.64. The lowest BCUT2D eigenvalue weighted by molar-refractivity contribution is -0.143. The van der Waals surface area contributed by atoms with Gasteiger partial charge in [-0.1, -0.05) is 67.1 Å². The summed E-state index contributed by atoms with van der Waals surface area (Å²) in [6, 6.07) is 22.3. The molecular weight excluding hydrogens is 443 g/mol. The molecule has 0 heterocycles. The fraction of sp³-hybridized carbons (Fsp3) is 0.310. The quantitative estimate of drug-likeness (QED) is 0.421. The second-order valence-electron chi connectivity index (χ2n) is 8.77. The van der Waals surface area contributed by atoms with E-state index in [4.69, 9.17) is 4.74 Å². The molecule has 0 bridgehead atoms. The fourth-order valence-electron chi connectivity index (χ4n) is 3.64. The summed E-state index contributed by atoms with van der Waals surface area (Å²) in [4.78, 5) is 28.5. The van der Waals surface area contributed by atoms with E-state index >= 15 is 0 Å². The predicted octanol–water partition coefficient (Wildman–Crippen LogP) is 5.07. The van der Waals surface area contributed by atoms with Crippen molar-refractivity contribution in [1.82, 2.24) is 10.2 Å². The maximum atomic E-state index is 13.5. The van der Waals surface area contributed by atoms with Crippen molar-refractivity contribution < 1.29 is 18.7 Å². The first-order chi connectivity index (χ1) is 16.9. The summed E-state index contributed by atoms with van der Waals surface area (Å²) in [5.74, 6) is -0.520. The summed E-state index contributed by atoms with van der Waals surface area (Å²) in [7, 11) is 0. The van der Waals surface area contributed by atoms with E-state index in [1.807, 2.05) is 75.4 Å². The van der Waals surface area contributed by atoms with Gasteiger partial charge in [-0.25, -0.2) is 4.39 Å². The number of rotatable bonds is 11. The van der Waals surface area contributed by atoms with Crippen LogP contribution in [0.25, 0.3) is 0 Å². The summed E-state index contributed by atoms with van der Waals surface area (Å²) in [5, 5.41) is 3.04. The molecule has 3 rings (SSSR count). The summed E-state index contributed by atoms with van der Waals surface area (Å²) in [5.41, 5.74) is 2.99. The Hall–Kier alpha value is -3.67. The first-order valence-electron chi connectivity index (χ1n) is 11.9. The molecule has 0 aliphatic carbocycles. The second kappa shape index (κ2) is 12.7. The van der Waals surface area contributed by atoms with Crippen LogP contribution in [0, 0.1) is 12.7 Å².